The molecule has 0 fully saturated rings. The highest BCUT2D eigenvalue weighted by molar-refractivity contribution is 7.94. The Morgan fingerprint density at radius 3 is 1.25 bits per heavy atom. The summed E-state index contributed by atoms with van der Waals surface area (Å²) in [7, 11) is -14.0. The summed E-state index contributed by atoms with van der Waals surface area (Å²) in [6.07, 6.45) is 2.13. The predicted molar refractivity (Wildman–Crippen MR) is 188 cm³/mol. The van der Waals surface area contributed by atoms with Gasteiger partial charge in [0.05, 0.1) is 37.1 Å². The lowest BCUT2D eigenvalue weighted by Gasteiger charge is -2.03. The Labute approximate surface area is 296 Å². The Bertz CT molecular complexity index is 2430. The minimum Gasteiger partial charge on any atom is -0.326 e. The number of hydrogen-bond donors (Lipinski definition) is 1. The molecule has 0 spiro atoms. The lowest BCUT2D eigenvalue weighted by molar-refractivity contribution is 0.595. The second-order valence-electron chi connectivity index (χ2n) is 9.31. The Kier molecular flexibility index (Phi) is 12.9. The Morgan fingerprint density at radius 1 is 0.562 bits per heavy atom. The van der Waals surface area contributed by atoms with E-state index in [1.807, 2.05) is 0 Å². The maximum Gasteiger partial charge on any atom is 0.242 e. The maximum atomic E-state index is 12.3. The fourth-order valence-corrected chi connectivity index (χ4v) is 10.7. The molecular weight excluding hydrogens is 778 g/mol. The number of sulfone groups is 4. The third-order valence-corrected chi connectivity index (χ3v) is 15.8. The molecule has 2 aromatic carbocycles. The molecule has 0 atom stereocenters. The molecule has 0 aliphatic carbocycles. The van der Waals surface area contributed by atoms with Crippen molar-refractivity contribution in [2.45, 2.75) is 34.5 Å². The van der Waals surface area contributed by atoms with Crippen molar-refractivity contribution >= 4 is 95.0 Å². The molecule has 3 aromatic heterocycles. The summed E-state index contributed by atoms with van der Waals surface area (Å²) < 4.78 is 95.5. The van der Waals surface area contributed by atoms with Gasteiger partial charge in [-0.1, -0.05) is 11.6 Å². The van der Waals surface area contributed by atoms with Crippen LogP contribution in [0.3, 0.4) is 0 Å². The van der Waals surface area contributed by atoms with Crippen LogP contribution < -0.4 is 5.73 Å². The van der Waals surface area contributed by atoms with E-state index in [4.69, 9.17) is 30.5 Å². The average Bonchev–Trinajstić information content (AvgIpc) is 3.82. The summed E-state index contributed by atoms with van der Waals surface area (Å²) in [5, 5.41) is 0.936. The second-order valence-corrected chi connectivity index (χ2v) is 21.6. The molecule has 2 N–H and O–H groups in total. The first kappa shape index (κ1) is 39.0. The van der Waals surface area contributed by atoms with E-state index < -0.39 is 39.3 Å². The van der Waals surface area contributed by atoms with Crippen LogP contribution in [0.25, 0.3) is 9.69 Å². The summed E-state index contributed by atoms with van der Waals surface area (Å²) >= 11 is 8.81. The van der Waals surface area contributed by atoms with Gasteiger partial charge in [0.25, 0.3) is 0 Å². The largest absolute Gasteiger partial charge is 0.326 e. The standard InChI is InChI=1S/C12H9NO4S3.C12H13NO4S3.C5H2ClNS/c1-13-11-7-8-12(18-11)20(16,17)10-5-3-9(4-6-10)19(2,14)15;1-19(14,15)10-3-5-11(6-4-10)20(16,17)12-7-2-9(8-13)18-12;1-7-5-3-2-4(6)8-5/h3-8H,2H3;2-7H,8,13H2,1H3;2-3H. The fourth-order valence-electron chi connectivity index (χ4n) is 3.46. The highest BCUT2D eigenvalue weighted by Crippen LogP contribution is 2.33. The number of rotatable bonds is 7. The molecular formula is C29H24ClN3O8S7. The van der Waals surface area contributed by atoms with Gasteiger partial charge in [0.15, 0.2) is 19.7 Å². The summed E-state index contributed by atoms with van der Waals surface area (Å²) in [5.41, 5.74) is 5.46. The van der Waals surface area contributed by atoms with Gasteiger partial charge in [-0.25, -0.2) is 43.4 Å². The van der Waals surface area contributed by atoms with Gasteiger partial charge in [0.2, 0.25) is 29.7 Å². The van der Waals surface area contributed by atoms with Gasteiger partial charge < -0.3 is 5.73 Å². The lowest BCUT2D eigenvalue weighted by Crippen LogP contribution is -2.01. The van der Waals surface area contributed by atoms with E-state index in [9.17, 15) is 33.7 Å². The lowest BCUT2D eigenvalue weighted by atomic mass is 10.4. The molecule has 0 saturated carbocycles. The molecule has 3 heterocycles. The molecule has 252 valence electrons. The average molecular weight is 802 g/mol. The molecule has 5 rings (SSSR count). The predicted octanol–water partition coefficient (Wildman–Crippen LogP) is 6.93. The van der Waals surface area contributed by atoms with Gasteiger partial charge in [-0.3, -0.25) is 0 Å². The van der Waals surface area contributed by atoms with E-state index >= 15 is 0 Å². The van der Waals surface area contributed by atoms with Crippen molar-refractivity contribution in [1.82, 2.24) is 0 Å². The molecule has 0 bridgehead atoms. The van der Waals surface area contributed by atoms with Crippen molar-refractivity contribution in [3.05, 3.63) is 117 Å². The van der Waals surface area contributed by atoms with E-state index in [1.165, 1.54) is 78.1 Å². The number of halogens is 1. The molecule has 0 aliphatic heterocycles. The first-order valence-electron chi connectivity index (χ1n) is 12.8. The first-order valence-corrected chi connectivity index (χ1v) is 22.4. The summed E-state index contributed by atoms with van der Waals surface area (Å²) in [6, 6.07) is 19.6. The van der Waals surface area contributed by atoms with Crippen LogP contribution in [0.2, 0.25) is 4.34 Å². The van der Waals surface area contributed by atoms with E-state index in [0.29, 0.717) is 9.34 Å². The van der Waals surface area contributed by atoms with Gasteiger partial charge in [-0.2, -0.15) is 0 Å². The normalized spacial score (nSPS) is 11.6. The topological polar surface area (TPSA) is 171 Å². The molecule has 5 aromatic rings. The van der Waals surface area contributed by atoms with Crippen molar-refractivity contribution in [1.29, 1.82) is 0 Å². The summed E-state index contributed by atoms with van der Waals surface area (Å²) in [4.78, 5) is 7.34. The van der Waals surface area contributed by atoms with Gasteiger partial charge in [-0.05, 0) is 84.9 Å². The molecule has 0 aliphatic rings. The minimum atomic E-state index is -3.71. The fraction of sp³-hybridized carbons (Fsp3) is 0.103. The molecule has 48 heavy (non-hydrogen) atoms. The highest BCUT2D eigenvalue weighted by atomic mass is 35.5. The van der Waals surface area contributed by atoms with E-state index in [0.717, 1.165) is 40.1 Å². The number of benzene rings is 2. The number of nitrogens with zero attached hydrogens (tertiary/aromatic N) is 2. The van der Waals surface area contributed by atoms with Crippen molar-refractivity contribution in [3.8, 4) is 0 Å². The van der Waals surface area contributed by atoms with Crippen LogP contribution in [0.4, 0.5) is 10.0 Å². The highest BCUT2D eigenvalue weighted by Gasteiger charge is 2.22. The Balaban J connectivity index is 0.000000212. The van der Waals surface area contributed by atoms with Gasteiger partial charge >= 0.3 is 0 Å². The van der Waals surface area contributed by atoms with Crippen molar-refractivity contribution in [3.63, 3.8) is 0 Å². The third-order valence-electron chi connectivity index (χ3n) is 5.84. The summed E-state index contributed by atoms with van der Waals surface area (Å²) in [6.45, 7) is 13.7. The Morgan fingerprint density at radius 2 is 0.938 bits per heavy atom. The SMILES string of the molecule is CS(=O)(=O)c1ccc(S(=O)(=O)c2ccc(CN)s2)cc1.[C-]#[N+]c1ccc(Cl)s1.[C-]#[N+]c1ccc(S(=O)(=O)c2ccc(S(C)(=O)=O)cc2)s1. The zero-order valence-electron chi connectivity index (χ0n) is 24.8. The van der Waals surface area contributed by atoms with Crippen LogP contribution in [0, 0.1) is 13.1 Å². The van der Waals surface area contributed by atoms with E-state index in [2.05, 4.69) is 9.69 Å². The van der Waals surface area contributed by atoms with Crippen LogP contribution in [-0.2, 0) is 45.9 Å². The quantitative estimate of drug-likeness (QED) is 0.171. The first-order chi connectivity index (χ1) is 22.3. The monoisotopic (exact) mass is 801 g/mol. The van der Waals surface area contributed by atoms with Crippen LogP contribution in [0.1, 0.15) is 4.88 Å². The van der Waals surface area contributed by atoms with Crippen molar-refractivity contribution in [2.75, 3.05) is 12.5 Å². The molecule has 0 saturated heterocycles. The molecule has 0 unspecified atom stereocenters. The Hall–Kier alpha value is -3.43. The van der Waals surface area contributed by atoms with Gasteiger partial charge in [-0.15, -0.1) is 34.0 Å². The van der Waals surface area contributed by atoms with Crippen LogP contribution in [0.15, 0.2) is 113 Å². The number of nitrogens with two attached hydrogens (primary N) is 1. The minimum absolute atomic E-state index is 0.00304. The molecule has 19 heteroatoms. The third kappa shape index (κ3) is 10.0. The molecule has 11 nitrogen and oxygen atoms in total. The summed E-state index contributed by atoms with van der Waals surface area (Å²) in [5.74, 6) is 0. The van der Waals surface area contributed by atoms with Crippen LogP contribution in [-0.4, -0.2) is 46.2 Å². The van der Waals surface area contributed by atoms with Gasteiger partial charge in [0.1, 0.15) is 8.42 Å². The zero-order chi connectivity index (χ0) is 35.9. The molecule has 0 amide bonds. The zero-order valence-corrected chi connectivity index (χ0v) is 31.2. The molecule has 0 radical (unpaired) electrons. The smallest absolute Gasteiger partial charge is 0.242 e. The van der Waals surface area contributed by atoms with Crippen molar-refractivity contribution < 1.29 is 33.7 Å². The van der Waals surface area contributed by atoms with Crippen LogP contribution in [0.5, 0.6) is 0 Å². The number of thiophene rings is 3. The van der Waals surface area contributed by atoms with E-state index in [1.54, 1.807) is 18.2 Å². The van der Waals surface area contributed by atoms with Gasteiger partial charge in [0, 0.05) is 23.9 Å². The van der Waals surface area contributed by atoms with Crippen LogP contribution >= 0.6 is 45.6 Å². The number of hydrogen-bond acceptors (Lipinski definition) is 12. The maximum absolute atomic E-state index is 12.3. The second kappa shape index (κ2) is 15.9. The van der Waals surface area contributed by atoms with E-state index in [-0.39, 0.29) is 39.5 Å². The van der Waals surface area contributed by atoms with Crippen molar-refractivity contribution in [2.24, 2.45) is 5.73 Å².